The molecule has 6 nitrogen and oxygen atoms in total. The summed E-state index contributed by atoms with van der Waals surface area (Å²) in [5, 5.41) is 13.3. The highest BCUT2D eigenvalue weighted by Crippen LogP contribution is 2.48. The van der Waals surface area contributed by atoms with Crippen LogP contribution in [0.3, 0.4) is 0 Å². The fourth-order valence-corrected chi connectivity index (χ4v) is 4.20. The molecular formula is C22H27NO5. The fraction of sp³-hybridized carbons (Fsp3) is 0.455. The van der Waals surface area contributed by atoms with Gasteiger partial charge in [-0.3, -0.25) is 4.79 Å². The highest BCUT2D eigenvalue weighted by Gasteiger charge is 2.46. The summed E-state index contributed by atoms with van der Waals surface area (Å²) >= 11 is 0. The quantitative estimate of drug-likeness (QED) is 0.773. The summed E-state index contributed by atoms with van der Waals surface area (Å²) in [6.07, 6.45) is 2.47. The number of esters is 1. The Bertz CT molecular complexity index is 881. The number of hydrogen-bond donors (Lipinski definition) is 2. The third-order valence-electron chi connectivity index (χ3n) is 5.29. The van der Waals surface area contributed by atoms with Crippen molar-refractivity contribution in [1.82, 2.24) is 5.32 Å². The summed E-state index contributed by atoms with van der Waals surface area (Å²) in [4.78, 5) is 25.7. The largest absolute Gasteiger partial charge is 0.504 e. The minimum atomic E-state index is -0.511. The standard InChI is InChI=1S/C22H27NO5/c1-6-28-17-9-13(7-8-15(17)24)19-18(21(26)27-5)12(2)23-14-10-22(3,4)11-16(25)20(14)19/h7-10,19-20,23-24H,6,11H2,1-5H3. The molecule has 0 saturated carbocycles. The Morgan fingerprint density at radius 1 is 1.32 bits per heavy atom. The number of ether oxygens (including phenoxy) is 2. The number of carbonyl (C=O) groups is 2. The summed E-state index contributed by atoms with van der Waals surface area (Å²) < 4.78 is 10.5. The summed E-state index contributed by atoms with van der Waals surface area (Å²) in [6, 6.07) is 4.97. The van der Waals surface area contributed by atoms with Crippen LogP contribution < -0.4 is 10.1 Å². The van der Waals surface area contributed by atoms with Crippen LogP contribution in [-0.2, 0) is 14.3 Å². The molecular weight excluding hydrogens is 358 g/mol. The lowest BCUT2D eigenvalue weighted by molar-refractivity contribution is -0.136. The Kier molecular flexibility index (Phi) is 5.24. The van der Waals surface area contributed by atoms with E-state index in [1.807, 2.05) is 27.7 Å². The van der Waals surface area contributed by atoms with E-state index in [-0.39, 0.29) is 16.9 Å². The first-order chi connectivity index (χ1) is 13.2. The van der Waals surface area contributed by atoms with Gasteiger partial charge in [-0.15, -0.1) is 0 Å². The molecule has 1 aromatic carbocycles. The minimum Gasteiger partial charge on any atom is -0.504 e. The number of methoxy groups -OCH3 is 1. The number of phenolic OH excluding ortho intramolecular Hbond substituents is 1. The average Bonchev–Trinajstić information content (AvgIpc) is 2.61. The molecule has 1 aromatic rings. The second kappa shape index (κ2) is 7.34. The SMILES string of the molecule is CCOc1cc(C2C(C(=O)OC)=C(C)NC3=CC(C)(C)CC(=O)C32)ccc1O. The lowest BCUT2D eigenvalue weighted by Gasteiger charge is -2.41. The normalized spacial score (nSPS) is 23.5. The molecule has 2 N–H and O–H groups in total. The van der Waals surface area contributed by atoms with E-state index in [2.05, 4.69) is 11.4 Å². The van der Waals surface area contributed by atoms with Crippen LogP contribution in [-0.4, -0.2) is 30.6 Å². The van der Waals surface area contributed by atoms with Gasteiger partial charge < -0.3 is 19.9 Å². The van der Waals surface area contributed by atoms with Gasteiger partial charge in [-0.05, 0) is 37.0 Å². The molecule has 0 radical (unpaired) electrons. The van der Waals surface area contributed by atoms with Gasteiger partial charge in [-0.25, -0.2) is 4.79 Å². The van der Waals surface area contributed by atoms with Gasteiger partial charge in [0.15, 0.2) is 11.5 Å². The number of allylic oxidation sites excluding steroid dienone is 3. The van der Waals surface area contributed by atoms with Crippen LogP contribution in [0.15, 0.2) is 41.2 Å². The first-order valence-corrected chi connectivity index (χ1v) is 9.45. The van der Waals surface area contributed by atoms with Gasteiger partial charge in [0.25, 0.3) is 0 Å². The molecule has 150 valence electrons. The van der Waals surface area contributed by atoms with Gasteiger partial charge in [0.05, 0.1) is 25.2 Å². The molecule has 2 aliphatic rings. The Balaban J connectivity index is 2.21. The maximum atomic E-state index is 13.1. The van der Waals surface area contributed by atoms with E-state index in [1.54, 1.807) is 12.1 Å². The lowest BCUT2D eigenvalue weighted by atomic mass is 9.66. The van der Waals surface area contributed by atoms with E-state index < -0.39 is 17.8 Å². The molecule has 3 rings (SSSR count). The van der Waals surface area contributed by atoms with Gasteiger partial charge >= 0.3 is 5.97 Å². The van der Waals surface area contributed by atoms with Crippen LogP contribution in [0.4, 0.5) is 0 Å². The number of hydrogen-bond acceptors (Lipinski definition) is 6. The number of ketones is 1. The molecule has 0 saturated heterocycles. The first kappa shape index (κ1) is 20.0. The van der Waals surface area contributed by atoms with Crippen LogP contribution in [0.2, 0.25) is 0 Å². The predicted octanol–water partition coefficient (Wildman–Crippen LogP) is 3.42. The smallest absolute Gasteiger partial charge is 0.336 e. The number of carbonyl (C=O) groups excluding carboxylic acids is 2. The van der Waals surface area contributed by atoms with Crippen molar-refractivity contribution < 1.29 is 24.2 Å². The summed E-state index contributed by atoms with van der Waals surface area (Å²) in [5.74, 6) is -1.08. The van der Waals surface area contributed by atoms with Crippen molar-refractivity contribution in [2.75, 3.05) is 13.7 Å². The van der Waals surface area contributed by atoms with E-state index in [0.717, 1.165) is 11.3 Å². The third-order valence-corrected chi connectivity index (χ3v) is 5.29. The lowest BCUT2D eigenvalue weighted by Crippen LogP contribution is -2.43. The highest BCUT2D eigenvalue weighted by atomic mass is 16.5. The number of fused-ring (bicyclic) bond motifs is 1. The number of aromatic hydroxyl groups is 1. The summed E-state index contributed by atoms with van der Waals surface area (Å²) in [6.45, 7) is 8.07. The number of benzene rings is 1. The molecule has 0 aromatic heterocycles. The average molecular weight is 385 g/mol. The van der Waals surface area contributed by atoms with Crippen LogP contribution in [0.25, 0.3) is 0 Å². The number of nitrogens with one attached hydrogen (secondary N) is 1. The monoisotopic (exact) mass is 385 g/mol. The Labute approximate surface area is 165 Å². The van der Waals surface area contributed by atoms with Gasteiger partial charge in [0.1, 0.15) is 5.78 Å². The van der Waals surface area contributed by atoms with Crippen molar-refractivity contribution in [3.8, 4) is 11.5 Å². The van der Waals surface area contributed by atoms with E-state index in [9.17, 15) is 14.7 Å². The molecule has 0 spiro atoms. The zero-order chi connectivity index (χ0) is 20.6. The molecule has 6 heteroatoms. The van der Waals surface area contributed by atoms with Crippen molar-refractivity contribution in [3.63, 3.8) is 0 Å². The molecule has 1 heterocycles. The Hall–Kier alpha value is -2.76. The maximum absolute atomic E-state index is 13.1. The van der Waals surface area contributed by atoms with Crippen molar-refractivity contribution in [3.05, 3.63) is 46.8 Å². The zero-order valence-corrected chi connectivity index (χ0v) is 17.0. The molecule has 0 fully saturated rings. The zero-order valence-electron chi connectivity index (χ0n) is 17.0. The summed E-state index contributed by atoms with van der Waals surface area (Å²) in [7, 11) is 1.33. The van der Waals surface area contributed by atoms with E-state index in [0.29, 0.717) is 30.0 Å². The van der Waals surface area contributed by atoms with Crippen molar-refractivity contribution in [1.29, 1.82) is 0 Å². The highest BCUT2D eigenvalue weighted by molar-refractivity contribution is 5.96. The van der Waals surface area contributed by atoms with Crippen LogP contribution >= 0.6 is 0 Å². The molecule has 2 unspecified atom stereocenters. The first-order valence-electron chi connectivity index (χ1n) is 9.45. The second-order valence-electron chi connectivity index (χ2n) is 8.00. The van der Waals surface area contributed by atoms with Gasteiger partial charge in [0, 0.05) is 23.7 Å². The number of Topliss-reactive ketones (excluding diaryl/α,β-unsaturated/α-hetero) is 1. The number of phenols is 1. The van der Waals surface area contributed by atoms with Crippen molar-refractivity contribution in [2.24, 2.45) is 11.3 Å². The Morgan fingerprint density at radius 3 is 2.68 bits per heavy atom. The third kappa shape index (κ3) is 3.51. The van der Waals surface area contributed by atoms with Crippen LogP contribution in [0.1, 0.15) is 45.6 Å². The van der Waals surface area contributed by atoms with E-state index in [1.165, 1.54) is 13.2 Å². The molecule has 2 atom stereocenters. The van der Waals surface area contributed by atoms with Crippen molar-refractivity contribution in [2.45, 2.75) is 40.0 Å². The molecule has 0 bridgehead atoms. The second-order valence-corrected chi connectivity index (χ2v) is 8.00. The van der Waals surface area contributed by atoms with Gasteiger partial charge in [-0.1, -0.05) is 26.0 Å². The minimum absolute atomic E-state index is 0.0201. The van der Waals surface area contributed by atoms with Gasteiger partial charge in [-0.2, -0.15) is 0 Å². The summed E-state index contributed by atoms with van der Waals surface area (Å²) in [5.41, 5.74) is 2.37. The fourth-order valence-electron chi connectivity index (χ4n) is 4.20. The van der Waals surface area contributed by atoms with Crippen LogP contribution in [0, 0.1) is 11.3 Å². The molecule has 28 heavy (non-hydrogen) atoms. The van der Waals surface area contributed by atoms with Gasteiger partial charge in [0.2, 0.25) is 0 Å². The van der Waals surface area contributed by atoms with E-state index in [4.69, 9.17) is 9.47 Å². The molecule has 1 aliphatic heterocycles. The van der Waals surface area contributed by atoms with Crippen molar-refractivity contribution >= 4 is 11.8 Å². The maximum Gasteiger partial charge on any atom is 0.336 e. The predicted molar refractivity (Wildman–Crippen MR) is 105 cm³/mol. The van der Waals surface area contributed by atoms with E-state index >= 15 is 0 Å². The topological polar surface area (TPSA) is 84.9 Å². The molecule has 0 amide bonds. The molecule has 1 aliphatic carbocycles. The Morgan fingerprint density at radius 2 is 2.04 bits per heavy atom. The van der Waals surface area contributed by atoms with Crippen LogP contribution in [0.5, 0.6) is 11.5 Å². The number of rotatable bonds is 4.